The summed E-state index contributed by atoms with van der Waals surface area (Å²) in [6.07, 6.45) is 0. The molecule has 0 aromatic heterocycles. The molecule has 0 spiro atoms. The Morgan fingerprint density at radius 1 is 0.964 bits per heavy atom. The maximum absolute atomic E-state index is 12.1. The lowest BCUT2D eigenvalue weighted by Gasteiger charge is -2.29. The molecule has 1 fully saturated rings. The van der Waals surface area contributed by atoms with E-state index in [1.165, 1.54) is 21.2 Å². The number of benzene rings is 2. The smallest absolute Gasteiger partial charge is 0.321 e. The largest absolute Gasteiger partial charge is 0.338 e. The van der Waals surface area contributed by atoms with E-state index in [2.05, 4.69) is 53.1 Å². The van der Waals surface area contributed by atoms with Crippen LogP contribution in [0.15, 0.2) is 42.5 Å². The normalized spacial score (nSPS) is 19.5. The second-order valence-electron chi connectivity index (χ2n) is 8.14. The van der Waals surface area contributed by atoms with E-state index in [0.717, 1.165) is 32.7 Å². The molecule has 1 aliphatic heterocycles. The van der Waals surface area contributed by atoms with Gasteiger partial charge in [0, 0.05) is 12.1 Å². The molecule has 1 aliphatic rings. The van der Waals surface area contributed by atoms with Crippen LogP contribution in [0.3, 0.4) is 0 Å². The maximum Gasteiger partial charge on any atom is 0.321 e. The molecular weight excluding hydrogens is 352 g/mol. The first-order valence-electron chi connectivity index (χ1n) is 10.2. The molecule has 6 nitrogen and oxygen atoms in total. The third-order valence-corrected chi connectivity index (χ3v) is 5.32. The van der Waals surface area contributed by atoms with Crippen LogP contribution in [-0.4, -0.2) is 51.2 Å². The van der Waals surface area contributed by atoms with Gasteiger partial charge in [0.05, 0.1) is 0 Å². The molecule has 6 heteroatoms. The number of amides is 3. The Morgan fingerprint density at radius 3 is 2.39 bits per heavy atom. The monoisotopic (exact) mass is 384 g/mol. The molecule has 3 rings (SSSR count). The molecule has 4 N–H and O–H groups in total. The first kappa shape index (κ1) is 20.3. The lowest BCUT2D eigenvalue weighted by atomic mass is 10.0. The van der Waals surface area contributed by atoms with Crippen molar-refractivity contribution in [2.24, 2.45) is 5.92 Å². The highest BCUT2D eigenvalue weighted by Crippen LogP contribution is 2.17. The molecule has 150 valence electrons. The van der Waals surface area contributed by atoms with Gasteiger partial charge in [-0.3, -0.25) is 10.1 Å². The van der Waals surface area contributed by atoms with Gasteiger partial charge in [0.2, 0.25) is 0 Å². The van der Waals surface area contributed by atoms with Crippen LogP contribution < -0.4 is 20.4 Å². The molecule has 1 saturated heterocycles. The molecule has 0 saturated carbocycles. The quantitative estimate of drug-likeness (QED) is 0.548. The SMILES string of the molecule is CC(C)CNC(=O)NC(=O)C[NH+]1CC[NH+](Cc2cccc3ccccc23)CC1. The van der Waals surface area contributed by atoms with Crippen molar-refractivity contribution in [3.05, 3.63) is 48.0 Å². The molecule has 3 amide bonds. The predicted molar refractivity (Wildman–Crippen MR) is 110 cm³/mol. The summed E-state index contributed by atoms with van der Waals surface area (Å²) in [6.45, 7) is 9.94. The predicted octanol–water partition coefficient (Wildman–Crippen LogP) is -0.395. The van der Waals surface area contributed by atoms with Gasteiger partial charge in [-0.2, -0.15) is 0 Å². The van der Waals surface area contributed by atoms with Gasteiger partial charge in [-0.05, 0) is 16.7 Å². The van der Waals surface area contributed by atoms with Crippen LogP contribution in [0, 0.1) is 5.92 Å². The molecule has 2 aromatic carbocycles. The van der Waals surface area contributed by atoms with Gasteiger partial charge in [0.25, 0.3) is 5.91 Å². The van der Waals surface area contributed by atoms with Crippen LogP contribution in [0.4, 0.5) is 4.79 Å². The van der Waals surface area contributed by atoms with Crippen molar-refractivity contribution in [3.8, 4) is 0 Å². The zero-order valence-electron chi connectivity index (χ0n) is 16.9. The van der Waals surface area contributed by atoms with Gasteiger partial charge in [-0.25, -0.2) is 4.79 Å². The molecular formula is C22H32N4O2+2. The van der Waals surface area contributed by atoms with Gasteiger partial charge in [-0.1, -0.05) is 56.3 Å². The Bertz CT molecular complexity index is 808. The zero-order valence-corrected chi connectivity index (χ0v) is 16.9. The van der Waals surface area contributed by atoms with E-state index >= 15 is 0 Å². The van der Waals surface area contributed by atoms with Crippen molar-refractivity contribution in [1.82, 2.24) is 10.6 Å². The average molecular weight is 385 g/mol. The number of hydrogen-bond acceptors (Lipinski definition) is 2. The number of carbonyl (C=O) groups excluding carboxylic acids is 2. The fraction of sp³-hybridized carbons (Fsp3) is 0.455. The van der Waals surface area contributed by atoms with Crippen LogP contribution in [0.2, 0.25) is 0 Å². The zero-order chi connectivity index (χ0) is 19.9. The molecule has 0 aliphatic carbocycles. The van der Waals surface area contributed by atoms with E-state index in [9.17, 15) is 9.59 Å². The highest BCUT2D eigenvalue weighted by molar-refractivity contribution is 5.94. The topological polar surface area (TPSA) is 67.1 Å². The van der Waals surface area contributed by atoms with Crippen molar-refractivity contribution in [3.63, 3.8) is 0 Å². The summed E-state index contributed by atoms with van der Waals surface area (Å²) in [7, 11) is 0. The Labute approximate surface area is 166 Å². The van der Waals surface area contributed by atoms with Crippen molar-refractivity contribution in [2.75, 3.05) is 39.3 Å². The number of fused-ring (bicyclic) bond motifs is 1. The Morgan fingerprint density at radius 2 is 1.64 bits per heavy atom. The van der Waals surface area contributed by atoms with E-state index in [4.69, 9.17) is 0 Å². The van der Waals surface area contributed by atoms with Gasteiger partial charge in [0.15, 0.2) is 6.54 Å². The highest BCUT2D eigenvalue weighted by Gasteiger charge is 2.25. The lowest BCUT2D eigenvalue weighted by molar-refractivity contribution is -1.02. The summed E-state index contributed by atoms with van der Waals surface area (Å²) in [5, 5.41) is 7.77. The molecule has 28 heavy (non-hydrogen) atoms. The first-order valence-corrected chi connectivity index (χ1v) is 10.2. The van der Waals surface area contributed by atoms with Crippen molar-refractivity contribution < 1.29 is 19.4 Å². The summed E-state index contributed by atoms with van der Waals surface area (Å²) >= 11 is 0. The average Bonchev–Trinajstić information content (AvgIpc) is 2.68. The van der Waals surface area contributed by atoms with E-state index in [1.807, 2.05) is 13.8 Å². The summed E-state index contributed by atoms with van der Waals surface area (Å²) in [5.74, 6) is 0.165. The molecule has 2 aromatic rings. The molecule has 0 atom stereocenters. The number of hydrogen-bond donors (Lipinski definition) is 4. The Kier molecular flexibility index (Phi) is 7.01. The van der Waals surface area contributed by atoms with Crippen LogP contribution >= 0.6 is 0 Å². The van der Waals surface area contributed by atoms with Crippen molar-refractivity contribution >= 4 is 22.7 Å². The second-order valence-corrected chi connectivity index (χ2v) is 8.14. The van der Waals surface area contributed by atoms with Crippen LogP contribution in [0.1, 0.15) is 19.4 Å². The number of rotatable bonds is 6. The fourth-order valence-corrected chi connectivity index (χ4v) is 3.77. The van der Waals surface area contributed by atoms with E-state index in [-0.39, 0.29) is 5.91 Å². The minimum atomic E-state index is -0.390. The molecule has 0 radical (unpaired) electrons. The van der Waals surface area contributed by atoms with Crippen LogP contribution in [0.25, 0.3) is 10.8 Å². The summed E-state index contributed by atoms with van der Waals surface area (Å²) in [4.78, 5) is 26.6. The van der Waals surface area contributed by atoms with Crippen molar-refractivity contribution in [1.29, 1.82) is 0 Å². The number of piperazine rings is 1. The Hall–Kier alpha value is -2.44. The van der Waals surface area contributed by atoms with Gasteiger partial charge in [0.1, 0.15) is 32.7 Å². The molecule has 1 heterocycles. The van der Waals surface area contributed by atoms with Gasteiger partial charge >= 0.3 is 6.03 Å². The highest BCUT2D eigenvalue weighted by atomic mass is 16.2. The number of imide groups is 1. The maximum atomic E-state index is 12.1. The number of quaternary nitrogens is 2. The van der Waals surface area contributed by atoms with E-state index < -0.39 is 6.03 Å². The third-order valence-electron chi connectivity index (χ3n) is 5.32. The van der Waals surface area contributed by atoms with Crippen LogP contribution in [-0.2, 0) is 11.3 Å². The summed E-state index contributed by atoms with van der Waals surface area (Å²) in [6, 6.07) is 14.6. The standard InChI is InChI=1S/C22H30N4O2/c1-17(2)14-23-22(28)24-21(27)16-26-12-10-25(11-13-26)15-19-8-5-7-18-6-3-4-9-20(18)19/h3-9,17H,10-16H2,1-2H3,(H2,23,24,27,28)/p+2. The first-order chi connectivity index (χ1) is 13.5. The summed E-state index contributed by atoms with van der Waals surface area (Å²) < 4.78 is 0. The molecule has 0 bridgehead atoms. The minimum absolute atomic E-state index is 0.200. The lowest BCUT2D eigenvalue weighted by Crippen LogP contribution is -3.28. The van der Waals surface area contributed by atoms with Gasteiger partial charge < -0.3 is 15.1 Å². The second kappa shape index (κ2) is 9.66. The number of carbonyl (C=O) groups is 2. The third kappa shape index (κ3) is 5.78. The number of urea groups is 1. The summed E-state index contributed by atoms with van der Waals surface area (Å²) in [5.41, 5.74) is 1.39. The minimum Gasteiger partial charge on any atom is -0.338 e. The van der Waals surface area contributed by atoms with Gasteiger partial charge in [-0.15, -0.1) is 0 Å². The molecule has 0 unspecified atom stereocenters. The fourth-order valence-electron chi connectivity index (χ4n) is 3.77. The van der Waals surface area contributed by atoms with Crippen molar-refractivity contribution in [2.45, 2.75) is 20.4 Å². The Balaban J connectivity index is 1.44. The number of nitrogens with one attached hydrogen (secondary N) is 4. The van der Waals surface area contributed by atoms with E-state index in [0.29, 0.717) is 19.0 Å². The van der Waals surface area contributed by atoms with Crippen LogP contribution in [0.5, 0.6) is 0 Å². The van der Waals surface area contributed by atoms with E-state index in [1.54, 1.807) is 4.90 Å².